The van der Waals surface area contributed by atoms with Gasteiger partial charge in [0, 0.05) is 26.2 Å². The number of amides is 3. The Labute approximate surface area is 218 Å². The van der Waals surface area contributed by atoms with Gasteiger partial charge in [-0.1, -0.05) is 17.7 Å². The molecule has 3 aliphatic rings. The molecule has 7 nitrogen and oxygen atoms in total. The predicted octanol–water partition coefficient (Wildman–Crippen LogP) is 4.36. The second kappa shape index (κ2) is 10.3. The van der Waals surface area contributed by atoms with Crippen molar-refractivity contribution < 1.29 is 23.2 Å². The SMILES string of the molecule is CNC(=O)[C@H]1[C@@H]2CC[C@@H](C2)[C@H]1NC(=O)c1cc(F)c(C(=O)Nc2cccc(Cl)c2N2CCCC2)cc1F. The standard InChI is InChI=1S/C27H29ClF2N4O3/c1-31-27(37)22-14-7-8-15(11-14)23(22)33-26(36)17-13-19(29)16(12-20(17)30)25(35)32-21-6-4-5-18(28)24(21)34-9-2-3-10-34/h4-6,12-15,22-23H,2-3,7-11H2,1H3,(H,31,37)(H,32,35)(H,33,36)/t14-,15+,22+,23-/m1/s1. The molecule has 1 aliphatic heterocycles. The Kier molecular flexibility index (Phi) is 7.07. The van der Waals surface area contributed by atoms with Crippen LogP contribution in [0.2, 0.25) is 5.02 Å². The molecule has 2 aliphatic carbocycles. The lowest BCUT2D eigenvalue weighted by Gasteiger charge is -2.30. The van der Waals surface area contributed by atoms with Gasteiger partial charge in [0.05, 0.1) is 33.4 Å². The third-order valence-electron chi connectivity index (χ3n) is 7.97. The van der Waals surface area contributed by atoms with Crippen LogP contribution < -0.4 is 20.9 Å². The topological polar surface area (TPSA) is 90.5 Å². The first kappa shape index (κ1) is 25.4. The molecular weight excluding hydrogens is 502 g/mol. The third kappa shape index (κ3) is 4.77. The number of halogens is 3. The first-order valence-electron chi connectivity index (χ1n) is 12.6. The van der Waals surface area contributed by atoms with Crippen molar-refractivity contribution in [2.75, 3.05) is 30.4 Å². The van der Waals surface area contributed by atoms with E-state index in [1.54, 1.807) is 25.2 Å². The molecule has 0 spiro atoms. The van der Waals surface area contributed by atoms with Crippen LogP contribution in [0.1, 0.15) is 52.8 Å². The smallest absolute Gasteiger partial charge is 0.258 e. The molecule has 10 heteroatoms. The number of carbonyl (C=O) groups is 3. The minimum absolute atomic E-state index is 0.122. The van der Waals surface area contributed by atoms with E-state index in [4.69, 9.17) is 11.6 Å². The molecular formula is C27H29ClF2N4O3. The Bertz CT molecular complexity index is 1250. The number of carbonyl (C=O) groups excluding carboxylic acids is 3. The van der Waals surface area contributed by atoms with Crippen molar-refractivity contribution in [3.05, 3.63) is 58.1 Å². The Morgan fingerprint density at radius 2 is 1.62 bits per heavy atom. The molecule has 5 rings (SSSR count). The molecule has 0 unspecified atom stereocenters. The number of nitrogens with zero attached hydrogens (tertiary/aromatic N) is 1. The highest BCUT2D eigenvalue weighted by Crippen LogP contribution is 2.48. The first-order chi connectivity index (χ1) is 17.8. The Morgan fingerprint density at radius 1 is 0.973 bits per heavy atom. The van der Waals surface area contributed by atoms with Gasteiger partial charge in [0.15, 0.2) is 0 Å². The van der Waals surface area contributed by atoms with Crippen molar-refractivity contribution in [2.24, 2.45) is 17.8 Å². The second-order valence-electron chi connectivity index (χ2n) is 10.1. The van der Waals surface area contributed by atoms with E-state index in [9.17, 15) is 14.4 Å². The van der Waals surface area contributed by atoms with Crippen LogP contribution in [0.15, 0.2) is 30.3 Å². The van der Waals surface area contributed by atoms with Crippen LogP contribution in [-0.2, 0) is 4.79 Å². The fourth-order valence-corrected chi connectivity index (χ4v) is 6.53. The Hall–Kier alpha value is -3.20. The van der Waals surface area contributed by atoms with Crippen LogP contribution in [0.25, 0.3) is 0 Å². The zero-order valence-electron chi connectivity index (χ0n) is 20.5. The van der Waals surface area contributed by atoms with E-state index in [0.717, 1.165) is 57.3 Å². The normalized spacial score (nSPS) is 24.3. The summed E-state index contributed by atoms with van der Waals surface area (Å²) < 4.78 is 30.1. The van der Waals surface area contributed by atoms with Gasteiger partial charge in [-0.3, -0.25) is 14.4 Å². The van der Waals surface area contributed by atoms with E-state index in [2.05, 4.69) is 16.0 Å². The van der Waals surface area contributed by atoms with E-state index in [-0.39, 0.29) is 17.7 Å². The maximum atomic E-state index is 15.0. The number of fused-ring (bicyclic) bond motifs is 2. The fourth-order valence-electron chi connectivity index (χ4n) is 6.23. The molecule has 2 saturated carbocycles. The van der Waals surface area contributed by atoms with E-state index in [1.165, 1.54) is 0 Å². The van der Waals surface area contributed by atoms with Gasteiger partial charge >= 0.3 is 0 Å². The molecule has 37 heavy (non-hydrogen) atoms. The van der Waals surface area contributed by atoms with Crippen LogP contribution in [0.5, 0.6) is 0 Å². The van der Waals surface area contributed by atoms with Crippen LogP contribution >= 0.6 is 11.6 Å². The number of rotatable bonds is 6. The number of para-hydroxylation sites is 1. The molecule has 3 amide bonds. The molecule has 1 heterocycles. The number of nitrogens with one attached hydrogen (secondary N) is 3. The summed E-state index contributed by atoms with van der Waals surface area (Å²) in [5.74, 6) is -3.96. The highest BCUT2D eigenvalue weighted by atomic mass is 35.5. The maximum Gasteiger partial charge on any atom is 0.258 e. The van der Waals surface area contributed by atoms with E-state index >= 15 is 8.78 Å². The molecule has 1 saturated heterocycles. The summed E-state index contributed by atoms with van der Waals surface area (Å²) >= 11 is 6.39. The van der Waals surface area contributed by atoms with Gasteiger partial charge in [0.1, 0.15) is 11.6 Å². The van der Waals surface area contributed by atoms with E-state index in [1.807, 2.05) is 4.90 Å². The van der Waals surface area contributed by atoms with Crippen molar-refractivity contribution in [1.82, 2.24) is 10.6 Å². The molecule has 0 radical (unpaired) electrons. The highest BCUT2D eigenvalue weighted by molar-refractivity contribution is 6.34. The van der Waals surface area contributed by atoms with Crippen LogP contribution in [0.4, 0.5) is 20.2 Å². The van der Waals surface area contributed by atoms with Gasteiger partial charge in [-0.05, 0) is 68.2 Å². The third-order valence-corrected chi connectivity index (χ3v) is 8.27. The summed E-state index contributed by atoms with van der Waals surface area (Å²) in [6.07, 6.45) is 4.60. The lowest BCUT2D eigenvalue weighted by Crippen LogP contribution is -2.49. The van der Waals surface area contributed by atoms with Gasteiger partial charge in [0.2, 0.25) is 5.91 Å². The summed E-state index contributed by atoms with van der Waals surface area (Å²) in [4.78, 5) is 40.3. The zero-order valence-corrected chi connectivity index (χ0v) is 21.2. The molecule has 2 bridgehead atoms. The Morgan fingerprint density at radius 3 is 2.30 bits per heavy atom. The lowest BCUT2D eigenvalue weighted by molar-refractivity contribution is -0.126. The molecule has 3 fully saturated rings. The van der Waals surface area contributed by atoms with Crippen LogP contribution in [0, 0.1) is 29.4 Å². The molecule has 4 atom stereocenters. The van der Waals surface area contributed by atoms with Gasteiger partial charge in [0.25, 0.3) is 11.8 Å². The fraction of sp³-hybridized carbons (Fsp3) is 0.444. The summed E-state index contributed by atoms with van der Waals surface area (Å²) in [6.45, 7) is 1.56. The minimum Gasteiger partial charge on any atom is -0.369 e. The van der Waals surface area contributed by atoms with Crippen LogP contribution in [-0.4, -0.2) is 43.9 Å². The highest BCUT2D eigenvalue weighted by Gasteiger charge is 2.51. The maximum absolute atomic E-state index is 15.0. The summed E-state index contributed by atoms with van der Waals surface area (Å²) in [6, 6.07) is 6.07. The molecule has 0 aromatic heterocycles. The van der Waals surface area contributed by atoms with Gasteiger partial charge in [-0.15, -0.1) is 0 Å². The molecule has 3 N–H and O–H groups in total. The largest absolute Gasteiger partial charge is 0.369 e. The molecule has 2 aromatic carbocycles. The lowest BCUT2D eigenvalue weighted by atomic mass is 9.83. The van der Waals surface area contributed by atoms with Crippen molar-refractivity contribution in [3.63, 3.8) is 0 Å². The van der Waals surface area contributed by atoms with Crippen LogP contribution in [0.3, 0.4) is 0 Å². The first-order valence-corrected chi connectivity index (χ1v) is 13.0. The summed E-state index contributed by atoms with van der Waals surface area (Å²) in [5, 5.41) is 8.51. The molecule has 2 aromatic rings. The summed E-state index contributed by atoms with van der Waals surface area (Å²) in [7, 11) is 1.55. The van der Waals surface area contributed by atoms with Crippen molar-refractivity contribution in [2.45, 2.75) is 38.1 Å². The second-order valence-corrected chi connectivity index (χ2v) is 10.5. The van der Waals surface area contributed by atoms with E-state index < -0.39 is 46.5 Å². The summed E-state index contributed by atoms with van der Waals surface area (Å²) in [5.41, 5.74) is 0.0125. The van der Waals surface area contributed by atoms with E-state index in [0.29, 0.717) is 16.4 Å². The predicted molar refractivity (Wildman–Crippen MR) is 137 cm³/mol. The number of hydrogen-bond donors (Lipinski definition) is 3. The zero-order chi connectivity index (χ0) is 26.3. The Balaban J connectivity index is 1.34. The monoisotopic (exact) mass is 530 g/mol. The molecule has 196 valence electrons. The van der Waals surface area contributed by atoms with Crippen molar-refractivity contribution >= 4 is 40.7 Å². The van der Waals surface area contributed by atoms with Crippen molar-refractivity contribution in [3.8, 4) is 0 Å². The van der Waals surface area contributed by atoms with Gasteiger partial charge < -0.3 is 20.9 Å². The number of hydrogen-bond acceptors (Lipinski definition) is 4. The minimum atomic E-state index is -1.02. The number of anilines is 2. The average Bonchev–Trinajstić information content (AvgIpc) is 3.63. The van der Waals surface area contributed by atoms with Crippen molar-refractivity contribution in [1.29, 1.82) is 0 Å². The average molecular weight is 531 g/mol. The quantitative estimate of drug-likeness (QED) is 0.517. The van der Waals surface area contributed by atoms with Gasteiger partial charge in [-0.25, -0.2) is 8.78 Å². The number of benzene rings is 2. The van der Waals surface area contributed by atoms with Gasteiger partial charge in [-0.2, -0.15) is 0 Å².